The number of hydrogen-bond donors (Lipinski definition) is 1. The van der Waals surface area contributed by atoms with Crippen LogP contribution in [0.5, 0.6) is 0 Å². The maximum Gasteiger partial charge on any atom is 0.265 e. The molecule has 0 spiro atoms. The van der Waals surface area contributed by atoms with Gasteiger partial charge >= 0.3 is 0 Å². The number of carbonyl (C=O) groups excluding carboxylic acids is 1. The van der Waals surface area contributed by atoms with E-state index in [0.717, 1.165) is 10.8 Å². The van der Waals surface area contributed by atoms with Gasteiger partial charge < -0.3 is 5.32 Å². The van der Waals surface area contributed by atoms with Gasteiger partial charge in [0.05, 0.1) is 10.6 Å². The Morgan fingerprint density at radius 1 is 1.09 bits per heavy atom. The van der Waals surface area contributed by atoms with Gasteiger partial charge in [0.2, 0.25) is 5.91 Å². The smallest absolute Gasteiger partial charge is 0.265 e. The topological polar surface area (TPSA) is 66.5 Å². The normalized spacial score (nSPS) is 14.1. The molecule has 1 amide bonds. The third-order valence-electron chi connectivity index (χ3n) is 5.32. The number of anilines is 1. The van der Waals surface area contributed by atoms with Crippen LogP contribution >= 0.6 is 23.4 Å². The first-order valence-electron chi connectivity index (χ1n) is 10.2. The van der Waals surface area contributed by atoms with E-state index in [1.54, 1.807) is 30.3 Å². The molecule has 0 aliphatic carbocycles. The summed E-state index contributed by atoms with van der Waals surface area (Å²) in [5.41, 5.74) is 1.13. The molecule has 0 fully saturated rings. The number of nitrogens with one attached hydrogen (secondary N) is 1. The quantitative estimate of drug-likeness (QED) is 0.428. The molecule has 1 N–H and O–H groups in total. The fourth-order valence-corrected chi connectivity index (χ4v) is 6.72. The van der Waals surface area contributed by atoms with Gasteiger partial charge in [-0.25, -0.2) is 12.8 Å². The van der Waals surface area contributed by atoms with Crippen LogP contribution in [0.15, 0.2) is 59.5 Å². The molecule has 5 nitrogen and oxygen atoms in total. The Morgan fingerprint density at radius 2 is 1.84 bits per heavy atom. The van der Waals surface area contributed by atoms with E-state index in [-0.39, 0.29) is 24.7 Å². The van der Waals surface area contributed by atoms with Crippen LogP contribution in [0.1, 0.15) is 18.4 Å². The number of amides is 1. The van der Waals surface area contributed by atoms with Gasteiger partial charge in [0, 0.05) is 47.0 Å². The minimum Gasteiger partial charge on any atom is -0.355 e. The lowest BCUT2D eigenvalue weighted by Gasteiger charge is -2.18. The highest BCUT2D eigenvalue weighted by atomic mass is 35.5. The summed E-state index contributed by atoms with van der Waals surface area (Å²) in [6, 6.07) is 15.4. The van der Waals surface area contributed by atoms with Crippen LogP contribution in [0.25, 0.3) is 10.8 Å². The van der Waals surface area contributed by atoms with Gasteiger partial charge in [-0.3, -0.25) is 9.10 Å². The number of hydrogen-bond acceptors (Lipinski definition) is 4. The second kappa shape index (κ2) is 9.68. The van der Waals surface area contributed by atoms with Crippen LogP contribution in [-0.2, 0) is 20.6 Å². The number of benzene rings is 3. The zero-order chi connectivity index (χ0) is 22.7. The molecule has 0 bridgehead atoms. The Kier molecular flexibility index (Phi) is 6.93. The number of rotatable bonds is 9. The molecule has 0 saturated heterocycles. The zero-order valence-electron chi connectivity index (χ0n) is 17.2. The molecular weight excluding hydrogens is 471 g/mol. The predicted molar refractivity (Wildman–Crippen MR) is 128 cm³/mol. The second-order valence-electron chi connectivity index (χ2n) is 7.41. The third-order valence-corrected chi connectivity index (χ3v) is 8.52. The Labute approximate surface area is 196 Å². The summed E-state index contributed by atoms with van der Waals surface area (Å²) >= 11 is 7.49. The van der Waals surface area contributed by atoms with Gasteiger partial charge in [0.25, 0.3) is 10.0 Å². The van der Waals surface area contributed by atoms with Crippen molar-refractivity contribution in [1.82, 2.24) is 5.32 Å². The molecule has 4 rings (SSSR count). The van der Waals surface area contributed by atoms with Gasteiger partial charge in [0.15, 0.2) is 0 Å². The van der Waals surface area contributed by atoms with Gasteiger partial charge in [0.1, 0.15) is 5.82 Å². The van der Waals surface area contributed by atoms with Crippen LogP contribution < -0.4 is 9.62 Å². The SMILES string of the molecule is O=C(CCCN1c2cccc3cccc(c23)S1(=O)=O)NCCSCc1c(F)cccc1Cl. The number of nitrogens with zero attached hydrogens (tertiary/aromatic N) is 1. The van der Waals surface area contributed by atoms with Crippen molar-refractivity contribution < 1.29 is 17.6 Å². The molecule has 32 heavy (non-hydrogen) atoms. The first-order chi connectivity index (χ1) is 15.4. The Bertz CT molecular complexity index is 1240. The van der Waals surface area contributed by atoms with Crippen LogP contribution in [0.2, 0.25) is 5.02 Å². The van der Waals surface area contributed by atoms with Crippen LogP contribution in [-0.4, -0.2) is 33.2 Å². The van der Waals surface area contributed by atoms with Gasteiger partial charge in [-0.15, -0.1) is 0 Å². The molecule has 0 saturated carbocycles. The lowest BCUT2D eigenvalue weighted by molar-refractivity contribution is -0.121. The summed E-state index contributed by atoms with van der Waals surface area (Å²) < 4.78 is 41.0. The van der Waals surface area contributed by atoms with Gasteiger partial charge in [-0.1, -0.05) is 41.9 Å². The van der Waals surface area contributed by atoms with Crippen molar-refractivity contribution in [2.24, 2.45) is 0 Å². The molecule has 168 valence electrons. The lowest BCUT2D eigenvalue weighted by Crippen LogP contribution is -2.30. The second-order valence-corrected chi connectivity index (χ2v) is 10.8. The molecule has 0 radical (unpaired) electrons. The average molecular weight is 493 g/mol. The van der Waals surface area contributed by atoms with Crippen molar-refractivity contribution in [2.45, 2.75) is 23.5 Å². The van der Waals surface area contributed by atoms with Crippen LogP contribution in [0.4, 0.5) is 10.1 Å². The van der Waals surface area contributed by atoms with Crippen molar-refractivity contribution in [2.75, 3.05) is 23.1 Å². The summed E-state index contributed by atoms with van der Waals surface area (Å²) in [6.45, 7) is 0.687. The van der Waals surface area contributed by atoms with E-state index in [2.05, 4.69) is 5.32 Å². The molecule has 0 aromatic heterocycles. The fraction of sp³-hybridized carbons (Fsp3) is 0.261. The molecule has 0 unspecified atom stereocenters. The largest absolute Gasteiger partial charge is 0.355 e. The molecule has 0 atom stereocenters. The van der Waals surface area contributed by atoms with Crippen molar-refractivity contribution in [1.29, 1.82) is 0 Å². The van der Waals surface area contributed by atoms with E-state index in [1.807, 2.05) is 18.2 Å². The molecule has 9 heteroatoms. The highest BCUT2D eigenvalue weighted by molar-refractivity contribution is 7.98. The molecule has 1 heterocycles. The van der Waals surface area contributed by atoms with Gasteiger partial charge in [-0.05, 0) is 36.1 Å². The fourth-order valence-electron chi connectivity index (χ4n) is 3.78. The maximum atomic E-state index is 13.8. The van der Waals surface area contributed by atoms with Crippen molar-refractivity contribution >= 4 is 55.8 Å². The number of sulfonamides is 1. The summed E-state index contributed by atoms with van der Waals surface area (Å²) in [6.07, 6.45) is 0.634. The van der Waals surface area contributed by atoms with Crippen molar-refractivity contribution in [3.05, 3.63) is 71.0 Å². The van der Waals surface area contributed by atoms with E-state index in [9.17, 15) is 17.6 Å². The van der Waals surface area contributed by atoms with Crippen molar-refractivity contribution in [3.63, 3.8) is 0 Å². The Morgan fingerprint density at radius 3 is 2.62 bits per heavy atom. The summed E-state index contributed by atoms with van der Waals surface area (Å²) in [5, 5.41) is 4.86. The first-order valence-corrected chi connectivity index (χ1v) is 13.2. The molecule has 1 aliphatic heterocycles. The van der Waals surface area contributed by atoms with Crippen LogP contribution in [0, 0.1) is 5.82 Å². The average Bonchev–Trinajstić information content (AvgIpc) is 2.98. The Hall–Kier alpha value is -2.29. The molecule has 3 aromatic rings. The summed E-state index contributed by atoms with van der Waals surface area (Å²) in [4.78, 5) is 12.5. The van der Waals surface area contributed by atoms with Crippen LogP contribution in [0.3, 0.4) is 0 Å². The molecule has 1 aliphatic rings. The monoisotopic (exact) mass is 492 g/mol. The summed E-state index contributed by atoms with van der Waals surface area (Å²) in [7, 11) is -3.60. The minimum atomic E-state index is -3.60. The maximum absolute atomic E-state index is 13.8. The highest BCUT2D eigenvalue weighted by Crippen LogP contribution is 2.41. The van der Waals surface area contributed by atoms with E-state index < -0.39 is 10.0 Å². The predicted octanol–water partition coefficient (Wildman–Crippen LogP) is 4.97. The van der Waals surface area contributed by atoms with E-state index in [0.29, 0.717) is 45.6 Å². The number of carbonyl (C=O) groups is 1. The van der Waals surface area contributed by atoms with E-state index in [4.69, 9.17) is 11.6 Å². The lowest BCUT2D eigenvalue weighted by atomic mass is 10.1. The minimum absolute atomic E-state index is 0.137. The standard InChI is InChI=1S/C23H22ClFN2O3S2/c24-18-7-3-8-19(25)17(18)15-31-14-12-26-22(28)11-4-13-27-20-9-1-5-16-6-2-10-21(23(16)20)32(27,29)30/h1-3,5-10H,4,11-15H2,(H,26,28). The van der Waals surface area contributed by atoms with Gasteiger partial charge in [-0.2, -0.15) is 11.8 Å². The molecular formula is C23H22ClFN2O3S2. The van der Waals surface area contributed by atoms with E-state index in [1.165, 1.54) is 22.1 Å². The zero-order valence-corrected chi connectivity index (χ0v) is 19.6. The molecule has 3 aromatic carbocycles. The first kappa shape index (κ1) is 22.9. The Balaban J connectivity index is 1.23. The highest BCUT2D eigenvalue weighted by Gasteiger charge is 2.34. The van der Waals surface area contributed by atoms with Crippen molar-refractivity contribution in [3.8, 4) is 0 Å². The number of thioether (sulfide) groups is 1. The van der Waals surface area contributed by atoms with E-state index >= 15 is 0 Å². The third kappa shape index (κ3) is 4.58. The number of halogens is 2. The summed E-state index contributed by atoms with van der Waals surface area (Å²) in [5.74, 6) is 0.583.